The van der Waals surface area contributed by atoms with Crippen molar-refractivity contribution in [3.05, 3.63) is 64.7 Å². The van der Waals surface area contributed by atoms with Crippen LogP contribution in [0.3, 0.4) is 0 Å². The maximum Gasteiger partial charge on any atom is 0.261 e. The smallest absolute Gasteiger partial charge is 0.261 e. The van der Waals surface area contributed by atoms with Gasteiger partial charge in [0.1, 0.15) is 5.82 Å². The summed E-state index contributed by atoms with van der Waals surface area (Å²) in [6.07, 6.45) is 4.46. The van der Waals surface area contributed by atoms with Crippen LogP contribution in [-0.4, -0.2) is 41.9 Å². The van der Waals surface area contributed by atoms with Gasteiger partial charge in [-0.2, -0.15) is 4.68 Å². The zero-order valence-corrected chi connectivity index (χ0v) is 18.2. The van der Waals surface area contributed by atoms with Gasteiger partial charge in [-0.05, 0) is 59.9 Å². The number of nitrogens with zero attached hydrogens (tertiary/aromatic N) is 6. The number of benzene rings is 2. The van der Waals surface area contributed by atoms with Crippen LogP contribution in [0, 0.1) is 0 Å². The second-order valence-corrected chi connectivity index (χ2v) is 8.40. The van der Waals surface area contributed by atoms with Gasteiger partial charge >= 0.3 is 0 Å². The molecule has 0 saturated heterocycles. The van der Waals surface area contributed by atoms with Crippen LogP contribution in [0.15, 0.2) is 58.5 Å². The van der Waals surface area contributed by atoms with Gasteiger partial charge < -0.3 is 5.32 Å². The summed E-state index contributed by atoms with van der Waals surface area (Å²) in [4.78, 5) is 30.3. The first-order valence-electron chi connectivity index (χ1n) is 10.4. The van der Waals surface area contributed by atoms with Crippen molar-refractivity contribution in [2.24, 2.45) is 0 Å². The fourth-order valence-corrected chi connectivity index (χ4v) is 4.14. The lowest BCUT2D eigenvalue weighted by molar-refractivity contribution is -0.116. The summed E-state index contributed by atoms with van der Waals surface area (Å²) in [6, 6.07) is 14.9. The van der Waals surface area contributed by atoms with Crippen LogP contribution < -0.4 is 10.9 Å². The number of aromatic nitrogens is 6. The van der Waals surface area contributed by atoms with E-state index in [9.17, 15) is 9.59 Å². The Morgan fingerprint density at radius 2 is 2.03 bits per heavy atom. The van der Waals surface area contributed by atoms with Gasteiger partial charge in [0.2, 0.25) is 11.1 Å². The van der Waals surface area contributed by atoms with Crippen molar-refractivity contribution in [2.45, 2.75) is 36.9 Å². The summed E-state index contributed by atoms with van der Waals surface area (Å²) < 4.78 is 3.39. The van der Waals surface area contributed by atoms with E-state index in [2.05, 4.69) is 20.8 Å². The lowest BCUT2D eigenvalue weighted by Crippen LogP contribution is -2.25. The highest BCUT2D eigenvalue weighted by molar-refractivity contribution is 7.98. The molecule has 32 heavy (non-hydrogen) atoms. The van der Waals surface area contributed by atoms with Crippen molar-refractivity contribution < 1.29 is 4.79 Å². The normalized spacial score (nSPS) is 13.4. The van der Waals surface area contributed by atoms with E-state index in [1.54, 1.807) is 15.3 Å². The minimum Gasteiger partial charge on any atom is -0.326 e. The largest absolute Gasteiger partial charge is 0.326 e. The molecule has 0 unspecified atom stereocenters. The number of nitrogens with one attached hydrogen (secondary N) is 1. The van der Waals surface area contributed by atoms with Crippen LogP contribution in [0.1, 0.15) is 31.1 Å². The number of tetrazole rings is 1. The molecule has 0 spiro atoms. The SMILES string of the molecule is CSc1nnnn1-c1cccc(NC(=O)CCc2nc3ccccc3c(=O)n2C2CC2)c1. The number of hydrogen-bond donors (Lipinski definition) is 1. The number of amides is 1. The van der Waals surface area contributed by atoms with Gasteiger partial charge in [-0.1, -0.05) is 30.0 Å². The Morgan fingerprint density at radius 3 is 2.84 bits per heavy atom. The second-order valence-electron chi connectivity index (χ2n) is 7.63. The van der Waals surface area contributed by atoms with Crippen LogP contribution in [0.4, 0.5) is 5.69 Å². The molecule has 1 amide bonds. The topological polar surface area (TPSA) is 108 Å². The quantitative estimate of drug-likeness (QED) is 0.434. The standard InChI is InChI=1S/C22H21N7O2S/c1-32-22-25-26-27-29(22)16-6-4-5-14(13-16)23-20(30)12-11-19-24-18-8-3-2-7-17(18)21(31)28(19)15-9-10-15/h2-8,13,15H,9-12H2,1H3,(H,23,30). The summed E-state index contributed by atoms with van der Waals surface area (Å²) >= 11 is 1.44. The van der Waals surface area contributed by atoms with E-state index in [0.717, 1.165) is 18.5 Å². The molecular formula is C22H21N7O2S. The molecule has 4 aromatic rings. The third-order valence-electron chi connectivity index (χ3n) is 5.37. The van der Waals surface area contributed by atoms with E-state index in [-0.39, 0.29) is 23.9 Å². The highest BCUT2D eigenvalue weighted by Gasteiger charge is 2.28. The number of aryl methyl sites for hydroxylation is 1. The summed E-state index contributed by atoms with van der Waals surface area (Å²) in [5.74, 6) is 0.520. The molecule has 0 radical (unpaired) electrons. The van der Waals surface area contributed by atoms with Crippen LogP contribution >= 0.6 is 11.8 Å². The maximum atomic E-state index is 13.0. The number of para-hydroxylation sites is 1. The van der Waals surface area contributed by atoms with Crippen molar-refractivity contribution in [1.82, 2.24) is 29.8 Å². The lowest BCUT2D eigenvalue weighted by Gasteiger charge is -2.13. The molecule has 2 heterocycles. The highest BCUT2D eigenvalue weighted by atomic mass is 32.2. The molecule has 1 aliphatic rings. The van der Waals surface area contributed by atoms with Crippen LogP contribution in [0.5, 0.6) is 0 Å². The third kappa shape index (κ3) is 4.01. The molecule has 1 fully saturated rings. The van der Waals surface area contributed by atoms with E-state index in [4.69, 9.17) is 4.98 Å². The number of thioether (sulfide) groups is 1. The molecular weight excluding hydrogens is 426 g/mol. The Labute approximate surface area is 187 Å². The van der Waals surface area contributed by atoms with Crippen molar-refractivity contribution in [2.75, 3.05) is 11.6 Å². The number of carbonyl (C=O) groups is 1. The molecule has 9 nitrogen and oxygen atoms in total. The van der Waals surface area contributed by atoms with E-state index < -0.39 is 0 Å². The molecule has 10 heteroatoms. The Morgan fingerprint density at radius 1 is 1.19 bits per heavy atom. The molecule has 1 N–H and O–H groups in total. The monoisotopic (exact) mass is 447 g/mol. The number of rotatable bonds is 7. The minimum absolute atomic E-state index is 0.0211. The van der Waals surface area contributed by atoms with Gasteiger partial charge in [-0.25, -0.2) is 4.98 Å². The maximum absolute atomic E-state index is 13.0. The average molecular weight is 448 g/mol. The summed E-state index contributed by atoms with van der Waals surface area (Å²) in [5.41, 5.74) is 2.06. The summed E-state index contributed by atoms with van der Waals surface area (Å²) in [5, 5.41) is 15.9. The summed E-state index contributed by atoms with van der Waals surface area (Å²) in [6.45, 7) is 0. The zero-order valence-electron chi connectivity index (χ0n) is 17.4. The molecule has 2 aromatic carbocycles. The lowest BCUT2D eigenvalue weighted by atomic mass is 10.2. The molecule has 0 bridgehead atoms. The van der Waals surface area contributed by atoms with Crippen LogP contribution in [-0.2, 0) is 11.2 Å². The van der Waals surface area contributed by atoms with E-state index in [0.29, 0.717) is 34.0 Å². The van der Waals surface area contributed by atoms with E-state index in [1.807, 2.05) is 48.7 Å². The number of anilines is 1. The van der Waals surface area contributed by atoms with Crippen LogP contribution in [0.2, 0.25) is 0 Å². The number of fused-ring (bicyclic) bond motifs is 1. The third-order valence-corrected chi connectivity index (χ3v) is 5.99. The minimum atomic E-state index is -0.145. The van der Waals surface area contributed by atoms with Gasteiger partial charge in [0.25, 0.3) is 5.56 Å². The molecule has 162 valence electrons. The highest BCUT2D eigenvalue weighted by Crippen LogP contribution is 2.35. The fourth-order valence-electron chi connectivity index (χ4n) is 3.71. The summed E-state index contributed by atoms with van der Waals surface area (Å²) in [7, 11) is 0. The first-order chi connectivity index (χ1) is 15.6. The zero-order chi connectivity index (χ0) is 22.1. The van der Waals surface area contributed by atoms with Crippen molar-refractivity contribution in [3.63, 3.8) is 0 Å². The van der Waals surface area contributed by atoms with Gasteiger partial charge in [0.15, 0.2) is 0 Å². The van der Waals surface area contributed by atoms with Gasteiger partial charge in [-0.15, -0.1) is 5.10 Å². The van der Waals surface area contributed by atoms with Gasteiger partial charge in [0, 0.05) is 24.6 Å². The van der Waals surface area contributed by atoms with Crippen LogP contribution in [0.25, 0.3) is 16.6 Å². The Balaban J connectivity index is 1.33. The van der Waals surface area contributed by atoms with Gasteiger partial charge in [-0.3, -0.25) is 14.2 Å². The van der Waals surface area contributed by atoms with E-state index in [1.165, 1.54) is 11.8 Å². The first kappa shape index (κ1) is 20.4. The molecule has 5 rings (SSSR count). The number of carbonyl (C=O) groups excluding carboxylic acids is 1. The Hall–Kier alpha value is -3.53. The van der Waals surface area contributed by atoms with Gasteiger partial charge in [0.05, 0.1) is 16.6 Å². The molecule has 0 atom stereocenters. The first-order valence-corrected chi connectivity index (χ1v) is 11.6. The molecule has 1 aliphatic carbocycles. The average Bonchev–Trinajstić information content (AvgIpc) is 3.52. The molecule has 0 aliphatic heterocycles. The van der Waals surface area contributed by atoms with Crippen molar-refractivity contribution in [3.8, 4) is 5.69 Å². The van der Waals surface area contributed by atoms with Crippen molar-refractivity contribution in [1.29, 1.82) is 0 Å². The molecule has 1 saturated carbocycles. The Bertz CT molecular complexity index is 1360. The predicted octanol–water partition coefficient (Wildman–Crippen LogP) is 3.00. The van der Waals surface area contributed by atoms with Crippen molar-refractivity contribution >= 4 is 34.3 Å². The predicted molar refractivity (Wildman–Crippen MR) is 122 cm³/mol. The van der Waals surface area contributed by atoms with E-state index >= 15 is 0 Å². The Kier molecular flexibility index (Phi) is 5.44. The second kappa shape index (κ2) is 8.54. The fraction of sp³-hybridized carbons (Fsp3) is 0.273. The number of hydrogen-bond acceptors (Lipinski definition) is 7. The molecule has 2 aromatic heterocycles.